The van der Waals surface area contributed by atoms with Crippen molar-refractivity contribution in [3.63, 3.8) is 0 Å². The van der Waals surface area contributed by atoms with Crippen molar-refractivity contribution >= 4 is 22.0 Å². The zero-order chi connectivity index (χ0) is 11.5. The highest BCUT2D eigenvalue weighted by atomic mass is 32.2. The van der Waals surface area contributed by atoms with E-state index in [1.54, 1.807) is 0 Å². The Morgan fingerprint density at radius 3 is 2.73 bits per heavy atom. The van der Waals surface area contributed by atoms with Crippen LogP contribution in [0.5, 0.6) is 0 Å². The number of hydrogen-bond donors (Lipinski definition) is 0. The van der Waals surface area contributed by atoms with Crippen LogP contribution < -0.4 is 0 Å². The van der Waals surface area contributed by atoms with E-state index in [1.165, 1.54) is 4.90 Å². The first-order valence-electron chi connectivity index (χ1n) is 4.83. The predicted octanol–water partition coefficient (Wildman–Crippen LogP) is -0.532. The van der Waals surface area contributed by atoms with E-state index in [4.69, 9.17) is 0 Å². The molecular weight excluding hydrogens is 218 g/mol. The summed E-state index contributed by atoms with van der Waals surface area (Å²) < 4.78 is 21.8. The number of hydrogen-bond acceptors (Lipinski definition) is 4. The zero-order valence-electron chi connectivity index (χ0n) is 8.68. The van der Waals surface area contributed by atoms with E-state index < -0.39 is 21.5 Å². The normalized spacial score (nSPS) is 22.5. The molecular formula is C9H15NO4S. The van der Waals surface area contributed by atoms with Gasteiger partial charge in [-0.05, 0) is 12.8 Å². The van der Waals surface area contributed by atoms with Crippen LogP contribution in [0.1, 0.15) is 12.8 Å². The van der Waals surface area contributed by atoms with Crippen LogP contribution in [-0.2, 0) is 19.4 Å². The number of piperidine rings is 1. The molecule has 1 fully saturated rings. The first-order chi connectivity index (χ1) is 6.92. The molecule has 1 aliphatic heterocycles. The highest BCUT2D eigenvalue weighted by Gasteiger charge is 2.25. The molecule has 1 unspecified atom stereocenters. The van der Waals surface area contributed by atoms with Gasteiger partial charge in [-0.25, -0.2) is 8.42 Å². The van der Waals surface area contributed by atoms with Gasteiger partial charge in [0.05, 0.1) is 0 Å². The minimum Gasteiger partial charge on any atom is -0.341 e. The fraction of sp³-hybridized carbons (Fsp3) is 0.778. The standard InChI is InChI=1S/C9H15NO4S/c1-15(13,14)7-9(12)10-4-2-3-8(5-10)6-11/h6,8H,2-5,7H2,1H3. The van der Waals surface area contributed by atoms with E-state index >= 15 is 0 Å². The van der Waals surface area contributed by atoms with Gasteiger partial charge < -0.3 is 9.69 Å². The Morgan fingerprint density at radius 2 is 2.20 bits per heavy atom. The quantitative estimate of drug-likeness (QED) is 0.614. The second kappa shape index (κ2) is 4.74. The summed E-state index contributed by atoms with van der Waals surface area (Å²) in [4.78, 5) is 23.5. The fourth-order valence-corrected chi connectivity index (χ4v) is 2.29. The van der Waals surface area contributed by atoms with E-state index in [0.29, 0.717) is 13.1 Å². The van der Waals surface area contributed by atoms with Crippen LogP contribution in [0.15, 0.2) is 0 Å². The van der Waals surface area contributed by atoms with Crippen molar-refractivity contribution in [1.82, 2.24) is 4.90 Å². The Morgan fingerprint density at radius 1 is 1.53 bits per heavy atom. The van der Waals surface area contributed by atoms with Crippen LogP contribution in [-0.4, -0.2) is 50.6 Å². The summed E-state index contributed by atoms with van der Waals surface area (Å²) >= 11 is 0. The average Bonchev–Trinajstić information content (AvgIpc) is 2.15. The first kappa shape index (κ1) is 12.2. The van der Waals surface area contributed by atoms with Gasteiger partial charge >= 0.3 is 0 Å². The lowest BCUT2D eigenvalue weighted by Gasteiger charge is -2.29. The van der Waals surface area contributed by atoms with Gasteiger partial charge in [0.15, 0.2) is 9.84 Å². The Hall–Kier alpha value is -0.910. The third-order valence-electron chi connectivity index (χ3n) is 2.39. The van der Waals surface area contributed by atoms with E-state index in [0.717, 1.165) is 25.4 Å². The molecule has 86 valence electrons. The number of rotatable bonds is 3. The van der Waals surface area contributed by atoms with Gasteiger partial charge in [-0.1, -0.05) is 0 Å². The molecule has 0 radical (unpaired) electrons. The number of amides is 1. The molecule has 0 aromatic heterocycles. The summed E-state index contributed by atoms with van der Waals surface area (Å²) in [5, 5.41) is 0. The smallest absolute Gasteiger partial charge is 0.237 e. The van der Waals surface area contributed by atoms with Gasteiger partial charge in [-0.3, -0.25) is 4.79 Å². The minimum atomic E-state index is -3.28. The fourth-order valence-electron chi connectivity index (χ4n) is 1.66. The number of nitrogens with zero attached hydrogens (tertiary/aromatic N) is 1. The number of likely N-dealkylation sites (tertiary alicyclic amines) is 1. The van der Waals surface area contributed by atoms with Crippen molar-refractivity contribution in [2.75, 3.05) is 25.1 Å². The first-order valence-corrected chi connectivity index (χ1v) is 6.89. The Kier molecular flexibility index (Phi) is 3.84. The maximum atomic E-state index is 11.5. The van der Waals surface area contributed by atoms with Crippen molar-refractivity contribution in [3.8, 4) is 0 Å². The van der Waals surface area contributed by atoms with E-state index in [9.17, 15) is 18.0 Å². The molecule has 1 saturated heterocycles. The van der Waals surface area contributed by atoms with Crippen molar-refractivity contribution in [3.05, 3.63) is 0 Å². The van der Waals surface area contributed by atoms with Crippen LogP contribution in [0.3, 0.4) is 0 Å². The lowest BCUT2D eigenvalue weighted by Crippen LogP contribution is -2.42. The SMILES string of the molecule is CS(=O)(=O)CC(=O)N1CCCC(C=O)C1. The maximum absolute atomic E-state index is 11.5. The van der Waals surface area contributed by atoms with Crippen LogP contribution in [0.2, 0.25) is 0 Å². The summed E-state index contributed by atoms with van der Waals surface area (Å²) in [5.74, 6) is -0.996. The lowest BCUT2D eigenvalue weighted by atomic mass is 10.00. The molecule has 5 nitrogen and oxygen atoms in total. The van der Waals surface area contributed by atoms with Gasteiger partial charge in [0.25, 0.3) is 0 Å². The number of carbonyl (C=O) groups is 2. The largest absolute Gasteiger partial charge is 0.341 e. The molecule has 1 aliphatic rings. The summed E-state index contributed by atoms with van der Waals surface area (Å²) in [6.45, 7) is 0.913. The molecule has 0 aliphatic carbocycles. The van der Waals surface area contributed by atoms with Gasteiger partial charge in [-0.15, -0.1) is 0 Å². The zero-order valence-corrected chi connectivity index (χ0v) is 9.50. The summed E-state index contributed by atoms with van der Waals surface area (Å²) in [7, 11) is -3.28. The highest BCUT2D eigenvalue weighted by molar-refractivity contribution is 7.91. The monoisotopic (exact) mass is 233 g/mol. The average molecular weight is 233 g/mol. The molecule has 0 saturated carbocycles. The van der Waals surface area contributed by atoms with Gasteiger partial charge in [0, 0.05) is 25.3 Å². The molecule has 15 heavy (non-hydrogen) atoms. The molecule has 1 atom stereocenters. The molecule has 1 rings (SSSR count). The maximum Gasteiger partial charge on any atom is 0.237 e. The topological polar surface area (TPSA) is 71.5 Å². The van der Waals surface area contributed by atoms with E-state index in [1.807, 2.05) is 0 Å². The van der Waals surface area contributed by atoms with Crippen molar-refractivity contribution in [1.29, 1.82) is 0 Å². The molecule has 0 N–H and O–H groups in total. The van der Waals surface area contributed by atoms with E-state index in [2.05, 4.69) is 0 Å². The van der Waals surface area contributed by atoms with Crippen molar-refractivity contribution < 1.29 is 18.0 Å². The summed E-state index contributed by atoms with van der Waals surface area (Å²) in [5.41, 5.74) is 0. The van der Waals surface area contributed by atoms with Gasteiger partial charge in [-0.2, -0.15) is 0 Å². The molecule has 0 bridgehead atoms. The number of carbonyl (C=O) groups excluding carboxylic acids is 2. The Labute approximate surface area is 89.4 Å². The molecule has 0 aromatic carbocycles. The summed E-state index contributed by atoms with van der Waals surface area (Å²) in [6.07, 6.45) is 3.41. The molecule has 0 spiro atoms. The van der Waals surface area contributed by atoms with Crippen LogP contribution in [0.4, 0.5) is 0 Å². The lowest BCUT2D eigenvalue weighted by molar-refractivity contribution is -0.130. The van der Waals surface area contributed by atoms with Crippen LogP contribution >= 0.6 is 0 Å². The van der Waals surface area contributed by atoms with Gasteiger partial charge in [0.2, 0.25) is 5.91 Å². The predicted molar refractivity (Wildman–Crippen MR) is 55.1 cm³/mol. The Bertz CT molecular complexity index is 349. The van der Waals surface area contributed by atoms with Crippen LogP contribution in [0.25, 0.3) is 0 Å². The van der Waals surface area contributed by atoms with Gasteiger partial charge in [0.1, 0.15) is 12.0 Å². The van der Waals surface area contributed by atoms with Crippen LogP contribution in [0, 0.1) is 5.92 Å². The molecule has 0 aromatic rings. The third kappa shape index (κ3) is 3.99. The third-order valence-corrected chi connectivity index (χ3v) is 3.16. The van der Waals surface area contributed by atoms with E-state index in [-0.39, 0.29) is 5.92 Å². The molecule has 6 heteroatoms. The highest BCUT2D eigenvalue weighted by Crippen LogP contribution is 2.14. The second-order valence-electron chi connectivity index (χ2n) is 3.95. The number of sulfone groups is 1. The van der Waals surface area contributed by atoms with Crippen molar-refractivity contribution in [2.24, 2.45) is 5.92 Å². The molecule has 1 heterocycles. The summed E-state index contributed by atoms with van der Waals surface area (Å²) in [6, 6.07) is 0. The second-order valence-corrected chi connectivity index (χ2v) is 6.09. The Balaban J connectivity index is 2.56. The number of aldehydes is 1. The molecule has 1 amide bonds. The minimum absolute atomic E-state index is 0.137. The van der Waals surface area contributed by atoms with Crippen molar-refractivity contribution in [2.45, 2.75) is 12.8 Å².